The van der Waals surface area contributed by atoms with Crippen molar-refractivity contribution in [2.75, 3.05) is 11.7 Å². The largest absolute Gasteiger partial charge is 0.335 e. The fourth-order valence-electron chi connectivity index (χ4n) is 3.38. The smallest absolute Gasteiger partial charge is 0.214 e. The molecule has 0 unspecified atom stereocenters. The van der Waals surface area contributed by atoms with E-state index >= 15 is 0 Å². The van der Waals surface area contributed by atoms with Gasteiger partial charge in [-0.25, -0.2) is 19.5 Å². The Morgan fingerprint density at radius 2 is 0.972 bits per heavy atom. The lowest BCUT2D eigenvalue weighted by atomic mass is 10.1. The first-order valence-electron chi connectivity index (χ1n) is 10.7. The number of H-pyrrole nitrogens is 2. The summed E-state index contributed by atoms with van der Waals surface area (Å²) in [6.07, 6.45) is 3.61. The van der Waals surface area contributed by atoms with Crippen LogP contribution in [0.3, 0.4) is 0 Å². The molecule has 178 valence electrons. The Balaban J connectivity index is 1.22. The van der Waals surface area contributed by atoms with Crippen molar-refractivity contribution in [1.82, 2.24) is 29.7 Å². The maximum Gasteiger partial charge on any atom is 0.214 e. The highest BCUT2D eigenvalue weighted by Gasteiger charge is 2.07. The molecule has 5 aromatic rings. The van der Waals surface area contributed by atoms with Crippen LogP contribution in [0.5, 0.6) is 0 Å². The van der Waals surface area contributed by atoms with Crippen LogP contribution in [0, 0.1) is 9.54 Å². The first-order valence-corrected chi connectivity index (χ1v) is 11.5. The van der Waals surface area contributed by atoms with E-state index in [0.29, 0.717) is 21.2 Å². The molecule has 0 fully saturated rings. The van der Waals surface area contributed by atoms with Gasteiger partial charge in [0.25, 0.3) is 0 Å². The number of nitrogens with zero attached hydrogens (tertiary/aromatic N) is 6. The predicted octanol–water partition coefficient (Wildman–Crippen LogP) is 4.46. The van der Waals surface area contributed by atoms with Crippen molar-refractivity contribution in [2.45, 2.75) is 0 Å². The maximum absolute atomic E-state index is 5.88. The van der Waals surface area contributed by atoms with Crippen LogP contribution < -0.4 is 11.7 Å². The van der Waals surface area contributed by atoms with Gasteiger partial charge in [0.05, 0.1) is 11.4 Å². The molecule has 0 saturated carbocycles. The number of aromatic nitrogens is 6. The first kappa shape index (κ1) is 23.1. The number of nitrogens with one attached hydrogen (secondary N) is 2. The molecule has 6 N–H and O–H groups in total. The van der Waals surface area contributed by atoms with Crippen LogP contribution in [0.2, 0.25) is 0 Å². The SMILES string of the molecule is Nn1c(-c2ccc(N=Cc3ccc(C=Nc4ccc(-c5n[nH]c(=S)n5N)cc4)cc3)cc2)n[nH]c1=S. The van der Waals surface area contributed by atoms with Gasteiger partial charge in [-0.3, -0.25) is 9.98 Å². The number of nitrogens with two attached hydrogens (primary N) is 2. The molecule has 0 amide bonds. The summed E-state index contributed by atoms with van der Waals surface area (Å²) < 4.78 is 3.39. The van der Waals surface area contributed by atoms with E-state index in [0.717, 1.165) is 33.6 Å². The molecule has 12 heteroatoms. The van der Waals surface area contributed by atoms with Crippen molar-refractivity contribution in [2.24, 2.45) is 9.98 Å². The predicted molar refractivity (Wildman–Crippen MR) is 147 cm³/mol. The number of benzene rings is 3. The normalized spacial score (nSPS) is 11.6. The fourth-order valence-corrected chi connectivity index (χ4v) is 3.64. The molecule has 36 heavy (non-hydrogen) atoms. The van der Waals surface area contributed by atoms with E-state index in [1.165, 1.54) is 9.35 Å². The van der Waals surface area contributed by atoms with Gasteiger partial charge in [0.2, 0.25) is 9.54 Å². The summed E-state index contributed by atoms with van der Waals surface area (Å²) in [6.45, 7) is 0. The summed E-state index contributed by atoms with van der Waals surface area (Å²) in [5.74, 6) is 12.9. The molecule has 5 rings (SSSR count). The summed E-state index contributed by atoms with van der Waals surface area (Å²) >= 11 is 10.1. The van der Waals surface area contributed by atoms with Crippen LogP contribution in [0.1, 0.15) is 11.1 Å². The average molecular weight is 513 g/mol. The molecule has 2 heterocycles. The quantitative estimate of drug-likeness (QED) is 0.150. The van der Waals surface area contributed by atoms with Gasteiger partial charge >= 0.3 is 0 Å². The zero-order valence-corrected chi connectivity index (χ0v) is 20.4. The third-order valence-electron chi connectivity index (χ3n) is 5.32. The average Bonchev–Trinajstić information content (AvgIpc) is 3.43. The van der Waals surface area contributed by atoms with Crippen LogP contribution in [-0.2, 0) is 0 Å². The highest BCUT2D eigenvalue weighted by atomic mass is 32.1. The van der Waals surface area contributed by atoms with Gasteiger partial charge in [-0.15, -0.1) is 0 Å². The molecule has 0 radical (unpaired) electrons. The second kappa shape index (κ2) is 9.90. The number of aromatic amines is 2. The monoisotopic (exact) mass is 512 g/mol. The van der Waals surface area contributed by atoms with Gasteiger partial charge in [0.15, 0.2) is 11.6 Å². The van der Waals surface area contributed by atoms with E-state index in [2.05, 4.69) is 30.4 Å². The number of hydrogen-bond donors (Lipinski definition) is 4. The van der Waals surface area contributed by atoms with Gasteiger partial charge in [-0.05, 0) is 84.1 Å². The maximum atomic E-state index is 5.88. The molecule has 2 aromatic heterocycles. The lowest BCUT2D eigenvalue weighted by molar-refractivity contribution is 0.984. The molecule has 0 spiro atoms. The fraction of sp³-hybridized carbons (Fsp3) is 0. The minimum absolute atomic E-state index is 0.361. The molecule has 0 bridgehead atoms. The van der Waals surface area contributed by atoms with Crippen molar-refractivity contribution in [1.29, 1.82) is 0 Å². The van der Waals surface area contributed by atoms with Gasteiger partial charge in [-0.1, -0.05) is 24.3 Å². The van der Waals surface area contributed by atoms with Gasteiger partial charge in [-0.2, -0.15) is 10.2 Å². The highest BCUT2D eigenvalue weighted by molar-refractivity contribution is 7.71. The van der Waals surface area contributed by atoms with Crippen LogP contribution in [-0.4, -0.2) is 42.2 Å². The van der Waals surface area contributed by atoms with Crippen molar-refractivity contribution < 1.29 is 0 Å². The van der Waals surface area contributed by atoms with Crippen LogP contribution >= 0.6 is 24.4 Å². The second-order valence-electron chi connectivity index (χ2n) is 7.72. The summed E-state index contributed by atoms with van der Waals surface area (Å²) in [5.41, 5.74) is 5.25. The lowest BCUT2D eigenvalue weighted by Crippen LogP contribution is -2.09. The molecule has 0 aliphatic carbocycles. The molecule has 0 aliphatic heterocycles. The number of aliphatic imine (C=N–C) groups is 2. The summed E-state index contributed by atoms with van der Waals surface area (Å²) in [5, 5.41) is 13.6. The van der Waals surface area contributed by atoms with Gasteiger partial charge < -0.3 is 11.7 Å². The Bertz CT molecular complexity index is 1540. The molecule has 0 saturated heterocycles. The zero-order chi connectivity index (χ0) is 25.1. The van der Waals surface area contributed by atoms with Crippen molar-refractivity contribution in [3.63, 3.8) is 0 Å². The van der Waals surface area contributed by atoms with Crippen LogP contribution in [0.25, 0.3) is 22.8 Å². The lowest BCUT2D eigenvalue weighted by Gasteiger charge is -2.01. The van der Waals surface area contributed by atoms with E-state index in [4.69, 9.17) is 36.1 Å². The van der Waals surface area contributed by atoms with Gasteiger partial charge in [0, 0.05) is 23.6 Å². The van der Waals surface area contributed by atoms with Crippen LogP contribution in [0.4, 0.5) is 11.4 Å². The second-order valence-corrected chi connectivity index (χ2v) is 8.49. The molecule has 0 atom stereocenters. The minimum atomic E-state index is 0.361. The summed E-state index contributed by atoms with van der Waals surface area (Å²) in [7, 11) is 0. The molecule has 3 aromatic carbocycles. The Labute approximate surface area is 215 Å². The van der Waals surface area contributed by atoms with E-state index < -0.39 is 0 Å². The Hall–Kier alpha value is -4.68. The first-order chi connectivity index (χ1) is 17.5. The molecule has 10 nitrogen and oxygen atoms in total. The number of rotatable bonds is 6. The van der Waals surface area contributed by atoms with Gasteiger partial charge in [0.1, 0.15) is 0 Å². The summed E-state index contributed by atoms with van der Waals surface area (Å²) in [4.78, 5) is 9.07. The summed E-state index contributed by atoms with van der Waals surface area (Å²) in [6, 6.07) is 23.1. The van der Waals surface area contributed by atoms with E-state index in [1.54, 1.807) is 12.4 Å². The van der Waals surface area contributed by atoms with E-state index in [-0.39, 0.29) is 0 Å². The van der Waals surface area contributed by atoms with E-state index in [1.807, 2.05) is 72.8 Å². The van der Waals surface area contributed by atoms with Crippen LogP contribution in [0.15, 0.2) is 82.8 Å². The number of hydrogen-bond acceptors (Lipinski definition) is 8. The van der Waals surface area contributed by atoms with Crippen molar-refractivity contribution in [3.8, 4) is 22.8 Å². The third kappa shape index (κ3) is 4.89. The molecule has 0 aliphatic rings. The van der Waals surface area contributed by atoms with E-state index in [9.17, 15) is 0 Å². The Morgan fingerprint density at radius 1 is 0.611 bits per heavy atom. The molecular formula is C24H20N10S2. The Morgan fingerprint density at radius 3 is 1.28 bits per heavy atom. The van der Waals surface area contributed by atoms with Crippen molar-refractivity contribution >= 4 is 48.2 Å². The standard InChI is InChI=1S/C24H20N10S2/c25-33-21(29-31-23(33)35)17-5-9-19(10-6-17)27-13-15-1-2-16(4-3-15)14-28-20-11-7-18(8-12-20)22-30-32-24(36)34(22)26/h1-14H,25-26H2,(H,31,35)(H,32,36). The highest BCUT2D eigenvalue weighted by Crippen LogP contribution is 2.21. The minimum Gasteiger partial charge on any atom is -0.335 e. The third-order valence-corrected chi connectivity index (χ3v) is 5.90. The zero-order valence-electron chi connectivity index (χ0n) is 18.7. The number of nitrogen functional groups attached to an aromatic ring is 2. The van der Waals surface area contributed by atoms with Crippen molar-refractivity contribution in [3.05, 3.63) is 93.5 Å². The Kier molecular flexibility index (Phi) is 6.34. The molecular weight excluding hydrogens is 492 g/mol. The topological polar surface area (TPSA) is 144 Å².